The highest BCUT2D eigenvalue weighted by atomic mass is 32.1. The smallest absolute Gasteiger partial charge is 0.262 e. The molecular weight excluding hydrogens is 352 g/mol. The average Bonchev–Trinajstić information content (AvgIpc) is 3.05. The number of fused-ring (bicyclic) bond motifs is 1. The van der Waals surface area contributed by atoms with E-state index in [9.17, 15) is 9.90 Å². The normalized spacial score (nSPS) is 12.2. The van der Waals surface area contributed by atoms with Gasteiger partial charge in [-0.05, 0) is 42.8 Å². The fourth-order valence-electron chi connectivity index (χ4n) is 2.23. The summed E-state index contributed by atoms with van der Waals surface area (Å²) in [6, 6.07) is 12.1. The Balaban J connectivity index is 1.58. The highest BCUT2D eigenvalue weighted by molar-refractivity contribution is 7.22. The molecule has 1 heterocycles. The summed E-state index contributed by atoms with van der Waals surface area (Å²) in [4.78, 5) is 16.6. The summed E-state index contributed by atoms with van der Waals surface area (Å²) in [5.74, 6) is 0.0970. The molecule has 0 aliphatic heterocycles. The van der Waals surface area contributed by atoms with Crippen LogP contribution in [0.2, 0.25) is 0 Å². The van der Waals surface area contributed by atoms with Gasteiger partial charge in [0.15, 0.2) is 16.6 Å². The fourth-order valence-corrected chi connectivity index (χ4v) is 3.18. The lowest BCUT2D eigenvalue weighted by Crippen LogP contribution is -2.34. The molecule has 3 N–H and O–H groups in total. The third-order valence-corrected chi connectivity index (χ3v) is 4.59. The van der Waals surface area contributed by atoms with Crippen LogP contribution in [0.25, 0.3) is 10.2 Å². The second kappa shape index (κ2) is 7.83. The van der Waals surface area contributed by atoms with Crippen molar-refractivity contribution in [3.63, 3.8) is 0 Å². The van der Waals surface area contributed by atoms with Crippen LogP contribution < -0.4 is 15.5 Å². The van der Waals surface area contributed by atoms with E-state index in [0.717, 1.165) is 10.2 Å². The number of phenolic OH excluding ortho intramolecular Hbond substituents is 1. The fraction of sp³-hybridized carbons (Fsp3) is 0.167. The molecule has 0 saturated carbocycles. The Bertz CT molecular complexity index is 922. The lowest BCUT2D eigenvalue weighted by Gasteiger charge is -2.10. The molecule has 3 aromatic rings. The number of carbonyl (C=O) groups is 1. The molecule has 1 atom stereocenters. The van der Waals surface area contributed by atoms with E-state index in [0.29, 0.717) is 16.4 Å². The summed E-state index contributed by atoms with van der Waals surface area (Å²) in [6.45, 7) is 1.74. The van der Waals surface area contributed by atoms with Gasteiger partial charge in [-0.1, -0.05) is 23.5 Å². The van der Waals surface area contributed by atoms with E-state index in [1.165, 1.54) is 30.7 Å². The number of carbonyl (C=O) groups excluding carboxylic acids is 1. The van der Waals surface area contributed by atoms with Gasteiger partial charge < -0.3 is 15.2 Å². The second-order valence-corrected chi connectivity index (χ2v) is 6.55. The summed E-state index contributed by atoms with van der Waals surface area (Å²) in [5, 5.41) is 17.3. The zero-order chi connectivity index (χ0) is 18.5. The minimum atomic E-state index is -0.498. The van der Waals surface area contributed by atoms with Gasteiger partial charge in [0.25, 0.3) is 5.91 Å². The van der Waals surface area contributed by atoms with Crippen molar-refractivity contribution in [1.29, 1.82) is 0 Å². The van der Waals surface area contributed by atoms with E-state index < -0.39 is 6.04 Å². The monoisotopic (exact) mass is 370 g/mol. The number of anilines is 1. The molecule has 7 nitrogen and oxygen atoms in total. The zero-order valence-corrected chi connectivity index (χ0v) is 15.1. The zero-order valence-electron chi connectivity index (χ0n) is 14.3. The third kappa shape index (κ3) is 4.09. The molecule has 0 aliphatic rings. The topological polar surface area (TPSA) is 95.8 Å². The number of hydrazone groups is 1. The highest BCUT2D eigenvalue weighted by Crippen LogP contribution is 2.26. The van der Waals surface area contributed by atoms with Gasteiger partial charge in [-0.25, -0.2) is 10.4 Å². The molecule has 0 fully saturated rings. The van der Waals surface area contributed by atoms with Crippen molar-refractivity contribution in [1.82, 2.24) is 10.4 Å². The number of aromatic nitrogens is 1. The standard InChI is InChI=1S/C18H18N4O3S/c1-11(20-18-21-13-5-3-4-6-16(13)26-18)17(24)22-19-10-12-7-8-14(23)15(9-12)25-2/h3-11,23H,1-2H3,(H,20,21)(H,22,24)/b19-10+/t11-/m1/s1. The summed E-state index contributed by atoms with van der Waals surface area (Å²) < 4.78 is 6.09. The van der Waals surface area contributed by atoms with E-state index in [-0.39, 0.29) is 11.7 Å². The number of aromatic hydroxyl groups is 1. The van der Waals surface area contributed by atoms with Gasteiger partial charge in [0.2, 0.25) is 0 Å². The van der Waals surface area contributed by atoms with Crippen LogP contribution in [0, 0.1) is 0 Å². The first-order chi connectivity index (χ1) is 12.6. The first-order valence-electron chi connectivity index (χ1n) is 7.89. The van der Waals surface area contributed by atoms with Crippen LogP contribution in [0.4, 0.5) is 5.13 Å². The van der Waals surface area contributed by atoms with Crippen LogP contribution in [-0.2, 0) is 4.79 Å². The highest BCUT2D eigenvalue weighted by Gasteiger charge is 2.14. The third-order valence-electron chi connectivity index (χ3n) is 3.62. The molecule has 1 aromatic heterocycles. The Morgan fingerprint density at radius 2 is 2.15 bits per heavy atom. The Hall–Kier alpha value is -3.13. The van der Waals surface area contributed by atoms with Gasteiger partial charge in [0, 0.05) is 0 Å². The predicted molar refractivity (Wildman–Crippen MR) is 103 cm³/mol. The van der Waals surface area contributed by atoms with E-state index in [1.54, 1.807) is 19.1 Å². The summed E-state index contributed by atoms with van der Waals surface area (Å²) in [7, 11) is 1.47. The molecule has 0 saturated heterocycles. The number of thiazole rings is 1. The van der Waals surface area contributed by atoms with Crippen molar-refractivity contribution in [3.05, 3.63) is 48.0 Å². The van der Waals surface area contributed by atoms with Crippen molar-refractivity contribution in [2.75, 3.05) is 12.4 Å². The summed E-state index contributed by atoms with van der Waals surface area (Å²) in [5.41, 5.74) is 4.06. The maximum Gasteiger partial charge on any atom is 0.262 e. The lowest BCUT2D eigenvalue weighted by molar-refractivity contribution is -0.121. The van der Waals surface area contributed by atoms with Crippen LogP contribution in [0.3, 0.4) is 0 Å². The number of nitrogens with zero attached hydrogens (tertiary/aromatic N) is 2. The van der Waals surface area contributed by atoms with E-state index in [4.69, 9.17) is 4.74 Å². The Labute approximate surface area is 154 Å². The van der Waals surface area contributed by atoms with Crippen LogP contribution >= 0.6 is 11.3 Å². The van der Waals surface area contributed by atoms with Crippen LogP contribution in [0.15, 0.2) is 47.6 Å². The number of ether oxygens (including phenoxy) is 1. The van der Waals surface area contributed by atoms with Gasteiger partial charge in [-0.15, -0.1) is 0 Å². The Kier molecular flexibility index (Phi) is 5.33. The summed E-state index contributed by atoms with van der Waals surface area (Å²) >= 11 is 1.49. The first-order valence-corrected chi connectivity index (χ1v) is 8.70. The lowest BCUT2D eigenvalue weighted by atomic mass is 10.2. The van der Waals surface area contributed by atoms with Crippen LogP contribution in [-0.4, -0.2) is 35.4 Å². The molecular formula is C18H18N4O3S. The van der Waals surface area contributed by atoms with Gasteiger partial charge in [-0.3, -0.25) is 4.79 Å². The molecule has 1 amide bonds. The molecule has 0 spiro atoms. The number of hydrogen-bond acceptors (Lipinski definition) is 7. The number of para-hydroxylation sites is 1. The summed E-state index contributed by atoms with van der Waals surface area (Å²) in [6.07, 6.45) is 1.48. The van der Waals surface area contributed by atoms with Crippen LogP contribution in [0.1, 0.15) is 12.5 Å². The minimum absolute atomic E-state index is 0.0438. The molecule has 0 radical (unpaired) electrons. The van der Waals surface area contributed by atoms with E-state index in [1.807, 2.05) is 24.3 Å². The number of nitrogens with one attached hydrogen (secondary N) is 2. The maximum absolute atomic E-state index is 12.2. The minimum Gasteiger partial charge on any atom is -0.504 e. The van der Waals surface area contributed by atoms with E-state index in [2.05, 4.69) is 20.8 Å². The molecule has 26 heavy (non-hydrogen) atoms. The van der Waals surface area contributed by atoms with Gasteiger partial charge in [-0.2, -0.15) is 5.10 Å². The number of methoxy groups -OCH3 is 1. The molecule has 3 rings (SSSR count). The van der Waals surface area contributed by atoms with Gasteiger partial charge in [0.05, 0.1) is 23.5 Å². The number of amides is 1. The average molecular weight is 370 g/mol. The predicted octanol–water partition coefficient (Wildman–Crippen LogP) is 2.96. The molecule has 8 heteroatoms. The number of rotatable bonds is 6. The van der Waals surface area contributed by atoms with E-state index >= 15 is 0 Å². The molecule has 0 aliphatic carbocycles. The first kappa shape index (κ1) is 17.7. The van der Waals surface area contributed by atoms with Crippen molar-refractivity contribution < 1.29 is 14.6 Å². The SMILES string of the molecule is COc1cc(/C=N/NC(=O)[C@@H](C)Nc2nc3ccccc3s2)ccc1O. The largest absolute Gasteiger partial charge is 0.504 e. The number of benzene rings is 2. The quantitative estimate of drug-likeness (QED) is 0.458. The Morgan fingerprint density at radius 3 is 2.92 bits per heavy atom. The van der Waals surface area contributed by atoms with Gasteiger partial charge in [0.1, 0.15) is 6.04 Å². The maximum atomic E-state index is 12.2. The number of hydrogen-bond donors (Lipinski definition) is 3. The molecule has 134 valence electrons. The number of phenols is 1. The van der Waals surface area contributed by atoms with Crippen molar-refractivity contribution in [3.8, 4) is 11.5 Å². The van der Waals surface area contributed by atoms with Gasteiger partial charge >= 0.3 is 0 Å². The van der Waals surface area contributed by atoms with Crippen molar-refractivity contribution in [2.45, 2.75) is 13.0 Å². The van der Waals surface area contributed by atoms with Crippen LogP contribution in [0.5, 0.6) is 11.5 Å². The van der Waals surface area contributed by atoms with Crippen molar-refractivity contribution in [2.24, 2.45) is 5.10 Å². The molecule has 2 aromatic carbocycles. The molecule has 0 bridgehead atoms. The van der Waals surface area contributed by atoms with Crippen molar-refractivity contribution >= 4 is 38.8 Å². The molecule has 0 unspecified atom stereocenters. The second-order valence-electron chi connectivity index (χ2n) is 5.52. The Morgan fingerprint density at radius 1 is 1.35 bits per heavy atom.